The van der Waals surface area contributed by atoms with E-state index < -0.39 is 11.2 Å². The Morgan fingerprint density at radius 3 is 2.42 bits per heavy atom. The summed E-state index contributed by atoms with van der Waals surface area (Å²) in [6.07, 6.45) is 1.41. The van der Waals surface area contributed by atoms with E-state index in [0.717, 1.165) is 0 Å². The molecule has 0 bridgehead atoms. The number of pyridine rings is 1. The minimum atomic E-state index is -0.466. The van der Waals surface area contributed by atoms with Crippen LogP contribution in [-0.4, -0.2) is 37.3 Å². The third-order valence-electron chi connectivity index (χ3n) is 5.84. The van der Waals surface area contributed by atoms with E-state index in [9.17, 15) is 14.4 Å². The minimum absolute atomic E-state index is 0.0585. The lowest BCUT2D eigenvalue weighted by Gasteiger charge is -2.16. The first kappa shape index (κ1) is 23.0. The third kappa shape index (κ3) is 4.22. The summed E-state index contributed by atoms with van der Waals surface area (Å²) in [5, 5.41) is 3.04. The first-order valence-corrected chi connectivity index (χ1v) is 11.1. The number of rotatable bonds is 7. The molecule has 0 spiro atoms. The fourth-order valence-electron chi connectivity index (χ4n) is 4.08. The summed E-state index contributed by atoms with van der Waals surface area (Å²) in [7, 11) is 2.94. The van der Waals surface area contributed by atoms with Crippen LogP contribution in [0, 0.1) is 0 Å². The predicted molar refractivity (Wildman–Crippen MR) is 132 cm³/mol. The topological polar surface area (TPSA) is 105 Å². The highest BCUT2D eigenvalue weighted by atomic mass is 16.7. The molecule has 36 heavy (non-hydrogen) atoms. The second-order valence-corrected chi connectivity index (χ2v) is 8.04. The smallest absolute Gasteiger partial charge is 0.244 e. The number of ether oxygens (including phenoxy) is 4. The molecule has 0 fully saturated rings. The Labute approximate surface area is 205 Å². The summed E-state index contributed by atoms with van der Waals surface area (Å²) < 4.78 is 23.0. The van der Waals surface area contributed by atoms with Gasteiger partial charge in [0.2, 0.25) is 18.1 Å². The maximum atomic E-state index is 13.4. The molecule has 0 saturated carbocycles. The first-order valence-electron chi connectivity index (χ1n) is 11.1. The summed E-state index contributed by atoms with van der Waals surface area (Å²) >= 11 is 0. The van der Waals surface area contributed by atoms with E-state index in [0.29, 0.717) is 39.8 Å². The van der Waals surface area contributed by atoms with Crippen LogP contribution in [0.15, 0.2) is 71.7 Å². The molecule has 1 aliphatic rings. The van der Waals surface area contributed by atoms with Crippen molar-refractivity contribution in [2.75, 3.05) is 26.3 Å². The van der Waals surface area contributed by atoms with Crippen LogP contribution in [0.4, 0.5) is 5.69 Å². The van der Waals surface area contributed by atoms with Crippen molar-refractivity contribution in [2.24, 2.45) is 0 Å². The zero-order valence-corrected chi connectivity index (χ0v) is 19.6. The van der Waals surface area contributed by atoms with Crippen molar-refractivity contribution < 1.29 is 28.5 Å². The molecule has 5 rings (SSSR count). The lowest BCUT2D eigenvalue weighted by Crippen LogP contribution is -2.24. The van der Waals surface area contributed by atoms with Gasteiger partial charge in [0.25, 0.3) is 0 Å². The van der Waals surface area contributed by atoms with Gasteiger partial charge in [0.15, 0.2) is 28.8 Å². The highest BCUT2D eigenvalue weighted by Gasteiger charge is 2.21. The molecule has 4 aromatic rings. The Balaban J connectivity index is 1.57. The van der Waals surface area contributed by atoms with E-state index in [-0.39, 0.29) is 30.2 Å². The van der Waals surface area contributed by atoms with Crippen molar-refractivity contribution in [3.63, 3.8) is 0 Å². The van der Waals surface area contributed by atoms with Gasteiger partial charge in [-0.15, -0.1) is 0 Å². The number of benzene rings is 3. The Morgan fingerprint density at radius 1 is 0.944 bits per heavy atom. The Morgan fingerprint density at radius 2 is 1.67 bits per heavy atom. The number of carbonyl (C=O) groups excluding carboxylic acids is 2. The van der Waals surface area contributed by atoms with Gasteiger partial charge in [-0.1, -0.05) is 30.3 Å². The fourth-order valence-corrected chi connectivity index (χ4v) is 4.08. The molecule has 0 saturated heterocycles. The van der Waals surface area contributed by atoms with Crippen LogP contribution < -0.4 is 29.7 Å². The van der Waals surface area contributed by atoms with Gasteiger partial charge in [-0.3, -0.25) is 14.4 Å². The summed E-state index contributed by atoms with van der Waals surface area (Å²) in [6.45, 7) is -0.0462. The number of carbonyl (C=O) groups is 2. The number of methoxy groups -OCH3 is 2. The number of hydrogen-bond acceptors (Lipinski definition) is 7. The molecule has 182 valence electrons. The van der Waals surface area contributed by atoms with Crippen LogP contribution in [0.1, 0.15) is 15.9 Å². The number of hydrogen-bond donors (Lipinski definition) is 1. The van der Waals surface area contributed by atoms with Crippen molar-refractivity contribution in [3.05, 3.63) is 88.2 Å². The van der Waals surface area contributed by atoms with E-state index in [4.69, 9.17) is 18.9 Å². The third-order valence-corrected chi connectivity index (χ3v) is 5.84. The number of anilines is 1. The molecule has 9 heteroatoms. The number of amides is 1. The SMILES string of the molecule is COc1cc2c(=O)c(C(=O)c3ccccc3)cn(CC(=O)Nc3ccc4c(c3)OCO4)c2cc1OC. The van der Waals surface area contributed by atoms with Crippen molar-refractivity contribution in [1.29, 1.82) is 0 Å². The minimum Gasteiger partial charge on any atom is -0.493 e. The molecule has 1 aromatic heterocycles. The number of ketones is 1. The molecule has 0 radical (unpaired) electrons. The molecule has 2 heterocycles. The molecule has 0 aliphatic carbocycles. The van der Waals surface area contributed by atoms with Crippen LogP contribution >= 0.6 is 0 Å². The average Bonchev–Trinajstić information content (AvgIpc) is 3.37. The van der Waals surface area contributed by atoms with Gasteiger partial charge < -0.3 is 28.8 Å². The Kier molecular flexibility index (Phi) is 6.03. The van der Waals surface area contributed by atoms with Crippen LogP contribution in [0.5, 0.6) is 23.0 Å². The number of nitrogens with zero attached hydrogens (tertiary/aromatic N) is 1. The van der Waals surface area contributed by atoms with Gasteiger partial charge in [-0.05, 0) is 18.2 Å². The largest absolute Gasteiger partial charge is 0.493 e. The molecule has 1 N–H and O–H groups in total. The summed E-state index contributed by atoms with van der Waals surface area (Å²) in [5.41, 5.74) is 0.785. The molecular formula is C27H22N2O7. The van der Waals surface area contributed by atoms with Crippen LogP contribution in [-0.2, 0) is 11.3 Å². The molecule has 3 aromatic carbocycles. The lowest BCUT2D eigenvalue weighted by molar-refractivity contribution is -0.116. The van der Waals surface area contributed by atoms with Crippen molar-refractivity contribution >= 4 is 28.3 Å². The predicted octanol–water partition coefficient (Wildman–Crippen LogP) is 3.62. The van der Waals surface area contributed by atoms with Gasteiger partial charge in [0.05, 0.1) is 30.7 Å². The zero-order chi connectivity index (χ0) is 25.2. The van der Waals surface area contributed by atoms with E-state index in [1.54, 1.807) is 59.2 Å². The maximum absolute atomic E-state index is 13.4. The van der Waals surface area contributed by atoms with E-state index >= 15 is 0 Å². The van der Waals surface area contributed by atoms with Crippen LogP contribution in [0.25, 0.3) is 10.9 Å². The average molecular weight is 486 g/mol. The van der Waals surface area contributed by atoms with Gasteiger partial charge in [-0.2, -0.15) is 0 Å². The molecule has 9 nitrogen and oxygen atoms in total. The van der Waals surface area contributed by atoms with Gasteiger partial charge in [0, 0.05) is 29.6 Å². The van der Waals surface area contributed by atoms with Crippen LogP contribution in [0.3, 0.4) is 0 Å². The normalized spacial score (nSPS) is 11.8. The van der Waals surface area contributed by atoms with E-state index in [2.05, 4.69) is 5.32 Å². The fraction of sp³-hybridized carbons (Fsp3) is 0.148. The second kappa shape index (κ2) is 9.46. The Bertz CT molecular complexity index is 1540. The molecule has 1 aliphatic heterocycles. The second-order valence-electron chi connectivity index (χ2n) is 8.04. The molecule has 0 atom stereocenters. The maximum Gasteiger partial charge on any atom is 0.244 e. The number of nitrogens with one attached hydrogen (secondary N) is 1. The molecule has 1 amide bonds. The van der Waals surface area contributed by atoms with Crippen molar-refractivity contribution in [1.82, 2.24) is 4.57 Å². The van der Waals surface area contributed by atoms with Gasteiger partial charge in [0.1, 0.15) is 6.54 Å². The quantitative estimate of drug-likeness (QED) is 0.398. The lowest BCUT2D eigenvalue weighted by atomic mass is 10.0. The van der Waals surface area contributed by atoms with Gasteiger partial charge >= 0.3 is 0 Å². The number of fused-ring (bicyclic) bond motifs is 2. The van der Waals surface area contributed by atoms with E-state index in [1.807, 2.05) is 0 Å². The first-order chi connectivity index (χ1) is 17.5. The van der Waals surface area contributed by atoms with Crippen molar-refractivity contribution in [2.45, 2.75) is 6.54 Å². The summed E-state index contributed by atoms with van der Waals surface area (Å²) in [6, 6.07) is 16.7. The van der Waals surface area contributed by atoms with Crippen molar-refractivity contribution in [3.8, 4) is 23.0 Å². The summed E-state index contributed by atoms with van der Waals surface area (Å²) in [4.78, 5) is 39.6. The highest BCUT2D eigenvalue weighted by Crippen LogP contribution is 2.34. The highest BCUT2D eigenvalue weighted by molar-refractivity contribution is 6.10. The van der Waals surface area contributed by atoms with Crippen LogP contribution in [0.2, 0.25) is 0 Å². The Hall–Kier alpha value is -4.79. The monoisotopic (exact) mass is 486 g/mol. The van der Waals surface area contributed by atoms with Gasteiger partial charge in [-0.25, -0.2) is 0 Å². The zero-order valence-electron chi connectivity index (χ0n) is 19.6. The standard InChI is InChI=1S/C27H22N2O7/c1-33-22-11-18-20(12-23(22)34-2)29(13-19(27(18)32)26(31)16-6-4-3-5-7-16)14-25(30)28-17-8-9-21-24(10-17)36-15-35-21/h3-13H,14-15H2,1-2H3,(H,28,30). The summed E-state index contributed by atoms with van der Waals surface area (Å²) in [5.74, 6) is 1.05. The number of aromatic nitrogens is 1. The molecule has 0 unspecified atom stereocenters. The van der Waals surface area contributed by atoms with E-state index in [1.165, 1.54) is 26.5 Å². The molecular weight excluding hydrogens is 464 g/mol.